The van der Waals surface area contributed by atoms with Gasteiger partial charge in [0.25, 0.3) is 0 Å². The fourth-order valence-electron chi connectivity index (χ4n) is 2.40. The highest BCUT2D eigenvalue weighted by Gasteiger charge is 2.30. The number of aliphatic carboxylic acids is 1. The Morgan fingerprint density at radius 1 is 0.962 bits per heavy atom. The minimum Gasteiger partial charge on any atom is -0.480 e. The Morgan fingerprint density at radius 2 is 1.54 bits per heavy atom. The Morgan fingerprint density at radius 3 is 2.00 bits per heavy atom. The van der Waals surface area contributed by atoms with Crippen molar-refractivity contribution < 1.29 is 19.5 Å². The van der Waals surface area contributed by atoms with Crippen molar-refractivity contribution >= 4 is 17.8 Å². The molecule has 1 aromatic rings. The van der Waals surface area contributed by atoms with E-state index in [2.05, 4.69) is 10.6 Å². The summed E-state index contributed by atoms with van der Waals surface area (Å²) < 4.78 is 0. The summed E-state index contributed by atoms with van der Waals surface area (Å²) in [6.45, 7) is 7.18. The predicted molar refractivity (Wildman–Crippen MR) is 99.3 cm³/mol. The third-order valence-electron chi connectivity index (χ3n) is 4.17. The van der Waals surface area contributed by atoms with Crippen LogP contribution < -0.4 is 16.4 Å². The second-order valence-electron chi connectivity index (χ2n) is 7.09. The summed E-state index contributed by atoms with van der Waals surface area (Å²) in [4.78, 5) is 36.3. The molecular weight excluding hydrogens is 334 g/mol. The summed E-state index contributed by atoms with van der Waals surface area (Å²) in [5.74, 6) is -2.38. The molecule has 7 nitrogen and oxygen atoms in total. The molecule has 1 rings (SSSR count). The van der Waals surface area contributed by atoms with Crippen LogP contribution in [0, 0.1) is 11.8 Å². The van der Waals surface area contributed by atoms with Gasteiger partial charge in [0.15, 0.2) is 0 Å². The summed E-state index contributed by atoms with van der Waals surface area (Å²) in [5.41, 5.74) is 6.62. The van der Waals surface area contributed by atoms with E-state index in [0.29, 0.717) is 0 Å². The SMILES string of the molecule is CC(C)[C@H](N)C(=O)N[C@H](C(=O)N[C@@H](Cc1ccccc1)C(=O)O)C(C)C. The highest BCUT2D eigenvalue weighted by Crippen LogP contribution is 2.08. The Balaban J connectivity index is 2.83. The summed E-state index contributed by atoms with van der Waals surface area (Å²) in [5, 5.41) is 14.6. The monoisotopic (exact) mass is 363 g/mol. The average molecular weight is 363 g/mol. The van der Waals surface area contributed by atoms with E-state index in [1.165, 1.54) is 0 Å². The molecule has 0 aromatic heterocycles. The van der Waals surface area contributed by atoms with E-state index in [0.717, 1.165) is 5.56 Å². The summed E-state index contributed by atoms with van der Waals surface area (Å²) in [7, 11) is 0. The third kappa shape index (κ3) is 6.48. The lowest BCUT2D eigenvalue weighted by molar-refractivity contribution is -0.142. The topological polar surface area (TPSA) is 122 Å². The van der Waals surface area contributed by atoms with Gasteiger partial charge in [-0.15, -0.1) is 0 Å². The van der Waals surface area contributed by atoms with Gasteiger partial charge in [0.2, 0.25) is 11.8 Å². The zero-order chi connectivity index (χ0) is 19.9. The van der Waals surface area contributed by atoms with Crippen molar-refractivity contribution in [3.63, 3.8) is 0 Å². The maximum absolute atomic E-state index is 12.6. The fraction of sp³-hybridized carbons (Fsp3) is 0.526. The molecule has 0 unspecified atom stereocenters. The smallest absolute Gasteiger partial charge is 0.326 e. The molecule has 26 heavy (non-hydrogen) atoms. The molecule has 0 spiro atoms. The van der Waals surface area contributed by atoms with Crippen LogP contribution in [0.25, 0.3) is 0 Å². The molecule has 0 fully saturated rings. The van der Waals surface area contributed by atoms with Crippen LogP contribution in [-0.2, 0) is 20.8 Å². The van der Waals surface area contributed by atoms with Gasteiger partial charge in [-0.2, -0.15) is 0 Å². The molecule has 0 aliphatic heterocycles. The first-order chi connectivity index (χ1) is 12.1. The Labute approximate surface area is 154 Å². The van der Waals surface area contributed by atoms with E-state index in [-0.39, 0.29) is 18.3 Å². The van der Waals surface area contributed by atoms with Gasteiger partial charge >= 0.3 is 5.97 Å². The van der Waals surface area contributed by atoms with Gasteiger partial charge in [-0.25, -0.2) is 4.79 Å². The predicted octanol–water partition coefficient (Wildman–Crippen LogP) is 0.923. The Bertz CT molecular complexity index is 616. The molecule has 0 bridgehead atoms. The van der Waals surface area contributed by atoms with Crippen LogP contribution in [0.5, 0.6) is 0 Å². The summed E-state index contributed by atoms with van der Waals surface area (Å²) >= 11 is 0. The number of carbonyl (C=O) groups excluding carboxylic acids is 2. The minimum atomic E-state index is -1.13. The van der Waals surface area contributed by atoms with Gasteiger partial charge in [0.1, 0.15) is 12.1 Å². The van der Waals surface area contributed by atoms with Crippen LogP contribution >= 0.6 is 0 Å². The van der Waals surface area contributed by atoms with Crippen LogP contribution in [0.15, 0.2) is 30.3 Å². The van der Waals surface area contributed by atoms with Crippen molar-refractivity contribution in [2.45, 2.75) is 52.2 Å². The van der Waals surface area contributed by atoms with E-state index in [1.807, 2.05) is 19.9 Å². The molecule has 5 N–H and O–H groups in total. The first-order valence-corrected chi connectivity index (χ1v) is 8.76. The summed E-state index contributed by atoms with van der Waals surface area (Å²) in [6, 6.07) is 6.37. The highest BCUT2D eigenvalue weighted by atomic mass is 16.4. The minimum absolute atomic E-state index is 0.0734. The largest absolute Gasteiger partial charge is 0.480 e. The third-order valence-corrected chi connectivity index (χ3v) is 4.17. The van der Waals surface area contributed by atoms with Crippen molar-refractivity contribution in [3.05, 3.63) is 35.9 Å². The second kappa shape index (κ2) is 9.91. The van der Waals surface area contributed by atoms with Gasteiger partial charge < -0.3 is 21.5 Å². The maximum atomic E-state index is 12.6. The number of hydrogen-bond acceptors (Lipinski definition) is 4. The highest BCUT2D eigenvalue weighted by molar-refractivity contribution is 5.92. The second-order valence-corrected chi connectivity index (χ2v) is 7.09. The number of benzene rings is 1. The van der Waals surface area contributed by atoms with Crippen LogP contribution in [0.4, 0.5) is 0 Å². The first-order valence-electron chi connectivity index (χ1n) is 8.76. The fourth-order valence-corrected chi connectivity index (χ4v) is 2.40. The van der Waals surface area contributed by atoms with Crippen LogP contribution in [0.2, 0.25) is 0 Å². The number of carboxylic acids is 1. The Hall–Kier alpha value is -2.41. The molecular formula is C19H29N3O4. The van der Waals surface area contributed by atoms with E-state index in [1.54, 1.807) is 38.1 Å². The molecule has 0 saturated carbocycles. The lowest BCUT2D eigenvalue weighted by Crippen LogP contribution is -2.57. The number of amides is 2. The molecule has 1 aromatic carbocycles. The van der Waals surface area contributed by atoms with Gasteiger partial charge in [0.05, 0.1) is 6.04 Å². The van der Waals surface area contributed by atoms with Gasteiger partial charge in [-0.05, 0) is 17.4 Å². The van der Waals surface area contributed by atoms with Gasteiger partial charge in [-0.1, -0.05) is 58.0 Å². The first kappa shape index (κ1) is 21.6. The van der Waals surface area contributed by atoms with E-state index >= 15 is 0 Å². The quantitative estimate of drug-likeness (QED) is 0.520. The number of hydrogen-bond donors (Lipinski definition) is 4. The standard InChI is InChI=1S/C19H29N3O4/c1-11(2)15(20)17(23)22-16(12(3)4)18(24)21-14(19(25)26)10-13-8-6-5-7-9-13/h5-9,11-12,14-16H,10,20H2,1-4H3,(H,21,24)(H,22,23)(H,25,26)/t14-,15-,16-/m0/s1. The van der Waals surface area contributed by atoms with Crippen molar-refractivity contribution in [2.24, 2.45) is 17.6 Å². The van der Waals surface area contributed by atoms with E-state index in [9.17, 15) is 19.5 Å². The van der Waals surface area contributed by atoms with Crippen molar-refractivity contribution in [1.29, 1.82) is 0 Å². The van der Waals surface area contributed by atoms with Gasteiger partial charge in [0, 0.05) is 6.42 Å². The molecule has 2 amide bonds. The number of carbonyl (C=O) groups is 3. The van der Waals surface area contributed by atoms with Crippen molar-refractivity contribution in [3.8, 4) is 0 Å². The van der Waals surface area contributed by atoms with Crippen LogP contribution in [0.1, 0.15) is 33.3 Å². The van der Waals surface area contributed by atoms with Crippen molar-refractivity contribution in [1.82, 2.24) is 10.6 Å². The molecule has 7 heteroatoms. The number of carboxylic acid groups (broad SMARTS) is 1. The molecule has 3 atom stereocenters. The number of rotatable bonds is 9. The van der Waals surface area contributed by atoms with Crippen LogP contribution in [0.3, 0.4) is 0 Å². The zero-order valence-electron chi connectivity index (χ0n) is 15.7. The Kier molecular flexibility index (Phi) is 8.25. The molecule has 0 aliphatic rings. The van der Waals surface area contributed by atoms with Crippen molar-refractivity contribution in [2.75, 3.05) is 0 Å². The zero-order valence-corrected chi connectivity index (χ0v) is 15.7. The molecule has 0 radical (unpaired) electrons. The lowest BCUT2D eigenvalue weighted by atomic mass is 9.99. The molecule has 0 aliphatic carbocycles. The summed E-state index contributed by atoms with van der Waals surface area (Å²) in [6.07, 6.45) is 0.159. The van der Waals surface area contributed by atoms with E-state index < -0.39 is 35.9 Å². The molecule has 0 heterocycles. The average Bonchev–Trinajstić information content (AvgIpc) is 2.58. The normalized spacial score (nSPS) is 14.6. The maximum Gasteiger partial charge on any atom is 0.326 e. The van der Waals surface area contributed by atoms with Gasteiger partial charge in [-0.3, -0.25) is 9.59 Å². The lowest BCUT2D eigenvalue weighted by Gasteiger charge is -2.26. The van der Waals surface area contributed by atoms with Crippen LogP contribution in [-0.4, -0.2) is 41.0 Å². The van der Waals surface area contributed by atoms with E-state index in [4.69, 9.17) is 5.73 Å². The number of nitrogens with one attached hydrogen (secondary N) is 2. The molecule has 0 saturated heterocycles. The molecule has 144 valence electrons. The number of nitrogens with two attached hydrogens (primary N) is 1.